The highest BCUT2D eigenvalue weighted by Crippen LogP contribution is 2.54. The third-order valence-electron chi connectivity index (χ3n) is 6.73. The molecule has 3 aromatic rings. The lowest BCUT2D eigenvalue weighted by Crippen LogP contribution is -2.35. The van der Waals surface area contributed by atoms with Crippen molar-refractivity contribution in [3.05, 3.63) is 58.2 Å². The van der Waals surface area contributed by atoms with Gasteiger partial charge in [0.25, 0.3) is 11.6 Å². The van der Waals surface area contributed by atoms with Crippen LogP contribution in [0.2, 0.25) is 0 Å². The van der Waals surface area contributed by atoms with Gasteiger partial charge in [-0.2, -0.15) is 0 Å². The highest BCUT2D eigenvalue weighted by molar-refractivity contribution is 6.08. The molecule has 0 bridgehead atoms. The molecule has 1 spiro atoms. The van der Waals surface area contributed by atoms with Crippen LogP contribution in [0, 0.1) is 15.5 Å². The van der Waals surface area contributed by atoms with Gasteiger partial charge in [-0.1, -0.05) is 13.8 Å². The van der Waals surface area contributed by atoms with Crippen molar-refractivity contribution in [1.29, 1.82) is 0 Å². The lowest BCUT2D eigenvalue weighted by atomic mass is 9.93. The molecule has 1 aliphatic carbocycles. The Morgan fingerprint density at radius 2 is 1.94 bits per heavy atom. The second kappa shape index (κ2) is 7.58. The fraction of sp³-hybridized carbons (Fsp3) is 0.435. The molecule has 1 amide bonds. The molecule has 2 fully saturated rings. The lowest BCUT2D eigenvalue weighted by molar-refractivity contribution is -0.384. The first-order chi connectivity index (χ1) is 15.3. The Morgan fingerprint density at radius 3 is 2.59 bits per heavy atom. The van der Waals surface area contributed by atoms with Crippen molar-refractivity contribution < 1.29 is 9.72 Å². The molecule has 2 aromatic heterocycles. The summed E-state index contributed by atoms with van der Waals surface area (Å²) in [5.41, 5.74) is 2.18. The molecule has 1 aromatic carbocycles. The number of imidazole rings is 1. The minimum absolute atomic E-state index is 0.0118. The second-order valence-electron chi connectivity index (χ2n) is 9.21. The van der Waals surface area contributed by atoms with E-state index in [9.17, 15) is 14.9 Å². The zero-order valence-corrected chi connectivity index (χ0v) is 18.2. The number of rotatable bonds is 5. The van der Waals surface area contributed by atoms with Gasteiger partial charge in [-0.05, 0) is 37.2 Å². The van der Waals surface area contributed by atoms with E-state index >= 15 is 0 Å². The maximum Gasteiger partial charge on any atom is 0.271 e. The van der Waals surface area contributed by atoms with E-state index < -0.39 is 4.92 Å². The molecule has 166 valence electrons. The molecule has 1 saturated heterocycles. The van der Waals surface area contributed by atoms with E-state index in [1.54, 1.807) is 18.3 Å². The number of hydrogen-bond acceptors (Lipinski definition) is 6. The van der Waals surface area contributed by atoms with E-state index in [4.69, 9.17) is 0 Å². The third-order valence-corrected chi connectivity index (χ3v) is 6.73. The maximum atomic E-state index is 13.3. The zero-order valence-electron chi connectivity index (χ0n) is 18.2. The quantitative estimate of drug-likeness (QED) is 0.471. The Morgan fingerprint density at radius 1 is 1.19 bits per heavy atom. The molecule has 1 N–H and O–H groups in total. The van der Waals surface area contributed by atoms with Gasteiger partial charge >= 0.3 is 0 Å². The summed E-state index contributed by atoms with van der Waals surface area (Å²) in [6, 6.07) is 6.17. The van der Waals surface area contributed by atoms with Crippen molar-refractivity contribution in [2.24, 2.45) is 5.41 Å². The summed E-state index contributed by atoms with van der Waals surface area (Å²) >= 11 is 0. The van der Waals surface area contributed by atoms with E-state index in [-0.39, 0.29) is 17.5 Å². The smallest absolute Gasteiger partial charge is 0.271 e. The van der Waals surface area contributed by atoms with Gasteiger partial charge in [-0.25, -0.2) is 9.97 Å². The molecule has 9 nitrogen and oxygen atoms in total. The SMILES string of the molecule is CC(C)c1nc(NC(=O)c2ccc([N+](=O)[O-])cc2N2CCC3(CC2)CC3)cc2nccn12. The van der Waals surface area contributed by atoms with Crippen LogP contribution in [0.1, 0.15) is 61.6 Å². The van der Waals surface area contributed by atoms with Crippen LogP contribution < -0.4 is 10.2 Å². The number of hydrogen-bond donors (Lipinski definition) is 1. The van der Waals surface area contributed by atoms with Crippen LogP contribution in [0.3, 0.4) is 0 Å². The molecular weight excluding hydrogens is 408 g/mol. The summed E-state index contributed by atoms with van der Waals surface area (Å²) in [5, 5.41) is 14.3. The molecule has 1 saturated carbocycles. The number of piperidine rings is 1. The lowest BCUT2D eigenvalue weighted by Gasteiger charge is -2.34. The van der Waals surface area contributed by atoms with Crippen molar-refractivity contribution in [1.82, 2.24) is 14.4 Å². The highest BCUT2D eigenvalue weighted by Gasteiger charge is 2.44. The number of nitrogens with one attached hydrogen (secondary N) is 1. The number of non-ortho nitro benzene ring substituents is 1. The van der Waals surface area contributed by atoms with Crippen LogP contribution in [-0.4, -0.2) is 38.3 Å². The van der Waals surface area contributed by atoms with Crippen molar-refractivity contribution in [2.45, 2.75) is 45.4 Å². The van der Waals surface area contributed by atoms with Crippen LogP contribution in [0.4, 0.5) is 17.2 Å². The maximum absolute atomic E-state index is 13.3. The summed E-state index contributed by atoms with van der Waals surface area (Å²) in [4.78, 5) is 35.3. The van der Waals surface area contributed by atoms with E-state index in [1.165, 1.54) is 25.0 Å². The normalized spacial score (nSPS) is 17.2. The number of nitrogens with zero attached hydrogens (tertiary/aromatic N) is 5. The van der Waals surface area contributed by atoms with Crippen molar-refractivity contribution in [3.63, 3.8) is 0 Å². The average Bonchev–Trinajstić information content (AvgIpc) is 3.35. The molecule has 0 unspecified atom stereocenters. The Kier molecular flexibility index (Phi) is 4.83. The van der Waals surface area contributed by atoms with Gasteiger partial charge in [-0.3, -0.25) is 19.3 Å². The van der Waals surface area contributed by atoms with E-state index in [0.29, 0.717) is 28.1 Å². The summed E-state index contributed by atoms with van der Waals surface area (Å²) in [6.07, 6.45) is 8.21. The monoisotopic (exact) mass is 434 g/mol. The van der Waals surface area contributed by atoms with Gasteiger partial charge in [0.15, 0.2) is 0 Å². The number of benzene rings is 1. The van der Waals surface area contributed by atoms with Gasteiger partial charge in [0, 0.05) is 49.6 Å². The average molecular weight is 435 g/mol. The molecule has 5 rings (SSSR count). The van der Waals surface area contributed by atoms with Crippen LogP contribution in [0.25, 0.3) is 5.65 Å². The molecule has 3 heterocycles. The number of anilines is 2. The number of amides is 1. The second-order valence-corrected chi connectivity index (χ2v) is 9.21. The predicted octanol–water partition coefficient (Wildman–Crippen LogP) is 4.39. The van der Waals surface area contributed by atoms with E-state index in [1.807, 2.05) is 24.4 Å². The standard InChI is InChI=1S/C23H26N6O3/c1-15(2)21-25-19(14-20-24-9-12-28(20)21)26-22(30)17-4-3-16(29(31)32)13-18(17)27-10-7-23(5-6-23)8-11-27/h3-4,9,12-15H,5-8,10-11H2,1-2H3,(H,26,30). The van der Waals surface area contributed by atoms with Crippen LogP contribution in [0.15, 0.2) is 36.7 Å². The van der Waals surface area contributed by atoms with Gasteiger partial charge in [0.05, 0.1) is 16.2 Å². The van der Waals surface area contributed by atoms with Crippen molar-refractivity contribution in [3.8, 4) is 0 Å². The zero-order chi connectivity index (χ0) is 22.5. The Hall–Kier alpha value is -3.49. The number of carbonyl (C=O) groups is 1. The number of nitro benzene ring substituents is 1. The number of carbonyl (C=O) groups excluding carboxylic acids is 1. The van der Waals surface area contributed by atoms with E-state index in [0.717, 1.165) is 31.8 Å². The highest BCUT2D eigenvalue weighted by atomic mass is 16.6. The van der Waals surface area contributed by atoms with Crippen LogP contribution >= 0.6 is 0 Å². The van der Waals surface area contributed by atoms with Gasteiger partial charge in [0.2, 0.25) is 0 Å². The summed E-state index contributed by atoms with van der Waals surface area (Å²) in [6.45, 7) is 5.67. The number of fused-ring (bicyclic) bond motifs is 1. The van der Waals surface area contributed by atoms with Gasteiger partial charge < -0.3 is 10.2 Å². The van der Waals surface area contributed by atoms with Crippen molar-refractivity contribution in [2.75, 3.05) is 23.3 Å². The first-order valence-electron chi connectivity index (χ1n) is 11.0. The number of nitro groups is 1. The number of aromatic nitrogens is 3. The predicted molar refractivity (Wildman–Crippen MR) is 121 cm³/mol. The van der Waals surface area contributed by atoms with Crippen molar-refractivity contribution >= 4 is 28.7 Å². The van der Waals surface area contributed by atoms with E-state index in [2.05, 4.69) is 20.2 Å². The Balaban J connectivity index is 1.46. The first kappa shape index (κ1) is 20.4. The van der Waals surface area contributed by atoms with Gasteiger partial charge in [-0.15, -0.1) is 0 Å². The molecule has 2 aliphatic rings. The summed E-state index contributed by atoms with van der Waals surface area (Å²) < 4.78 is 1.90. The third kappa shape index (κ3) is 3.68. The summed E-state index contributed by atoms with van der Waals surface area (Å²) in [5.74, 6) is 1.02. The summed E-state index contributed by atoms with van der Waals surface area (Å²) in [7, 11) is 0. The molecule has 0 radical (unpaired) electrons. The fourth-order valence-electron chi connectivity index (χ4n) is 4.59. The topological polar surface area (TPSA) is 106 Å². The molecule has 1 aliphatic heterocycles. The Bertz CT molecular complexity index is 1200. The Labute approximate surface area is 185 Å². The minimum Gasteiger partial charge on any atom is -0.371 e. The molecule has 0 atom stereocenters. The fourth-order valence-corrected chi connectivity index (χ4v) is 4.59. The van der Waals surface area contributed by atoms with Crippen LogP contribution in [0.5, 0.6) is 0 Å². The molecule has 9 heteroatoms. The minimum atomic E-state index is -0.416. The van der Waals surface area contributed by atoms with Gasteiger partial charge in [0.1, 0.15) is 17.3 Å². The molecule has 32 heavy (non-hydrogen) atoms. The largest absolute Gasteiger partial charge is 0.371 e. The van der Waals surface area contributed by atoms with Crippen LogP contribution in [-0.2, 0) is 0 Å². The first-order valence-corrected chi connectivity index (χ1v) is 11.0. The molecular formula is C23H26N6O3.